The molecule has 0 unspecified atom stereocenters. The van der Waals surface area contributed by atoms with E-state index in [1.807, 2.05) is 48.5 Å². The monoisotopic (exact) mass is 383 g/mol. The van der Waals surface area contributed by atoms with Gasteiger partial charge in [-0.25, -0.2) is 9.97 Å². The van der Waals surface area contributed by atoms with Gasteiger partial charge in [0.15, 0.2) is 11.2 Å². The van der Waals surface area contributed by atoms with E-state index in [0.29, 0.717) is 16.9 Å². The number of hydrogen-bond acceptors (Lipinski definition) is 6. The molecule has 4 rings (SSSR count). The largest absolute Gasteiger partial charge is 0.497 e. The molecule has 0 amide bonds. The molecule has 0 N–H and O–H groups in total. The molecule has 0 aliphatic heterocycles. The summed E-state index contributed by atoms with van der Waals surface area (Å²) in [6.45, 7) is 0. The number of fused-ring (bicyclic) bond motifs is 1. The molecule has 0 saturated carbocycles. The van der Waals surface area contributed by atoms with Crippen LogP contribution in [0.4, 0.5) is 0 Å². The highest BCUT2D eigenvalue weighted by Gasteiger charge is 2.14. The topological polar surface area (TPSA) is 65.7 Å². The zero-order valence-corrected chi connectivity index (χ0v) is 15.4. The Labute approximate surface area is 159 Å². The minimum absolute atomic E-state index is 0.648. The fourth-order valence-electron chi connectivity index (χ4n) is 2.51. The van der Waals surface area contributed by atoms with Crippen LogP contribution in [0.25, 0.3) is 16.9 Å². The smallest absolute Gasteiger partial charge is 0.187 e. The van der Waals surface area contributed by atoms with Crippen molar-refractivity contribution in [1.82, 2.24) is 25.0 Å². The summed E-state index contributed by atoms with van der Waals surface area (Å²) in [4.78, 5) is 8.71. The van der Waals surface area contributed by atoms with Gasteiger partial charge < -0.3 is 4.74 Å². The second-order valence-electron chi connectivity index (χ2n) is 5.43. The molecule has 0 bridgehead atoms. The number of benzene rings is 2. The maximum Gasteiger partial charge on any atom is 0.187 e. The zero-order chi connectivity index (χ0) is 17.9. The lowest BCUT2D eigenvalue weighted by atomic mass is 10.2. The van der Waals surface area contributed by atoms with E-state index in [1.54, 1.807) is 23.6 Å². The highest BCUT2D eigenvalue weighted by atomic mass is 35.5. The van der Waals surface area contributed by atoms with E-state index in [2.05, 4.69) is 20.3 Å². The van der Waals surface area contributed by atoms with Gasteiger partial charge in [-0.15, -0.1) is 5.10 Å². The van der Waals surface area contributed by atoms with E-state index < -0.39 is 0 Å². The van der Waals surface area contributed by atoms with E-state index in [4.69, 9.17) is 16.3 Å². The van der Waals surface area contributed by atoms with Gasteiger partial charge in [0.1, 0.15) is 17.1 Å². The van der Waals surface area contributed by atoms with E-state index in [1.165, 1.54) is 6.33 Å². The van der Waals surface area contributed by atoms with Gasteiger partial charge in [0.25, 0.3) is 0 Å². The second-order valence-corrected chi connectivity index (χ2v) is 6.81. The molecule has 0 aliphatic rings. The lowest BCUT2D eigenvalue weighted by molar-refractivity contribution is 0.414. The number of thioether (sulfide) groups is 1. The Kier molecular flexibility index (Phi) is 4.73. The first-order valence-corrected chi connectivity index (χ1v) is 9.19. The van der Waals surface area contributed by atoms with Crippen LogP contribution in [0.2, 0.25) is 5.02 Å². The van der Waals surface area contributed by atoms with Crippen LogP contribution in [0.15, 0.2) is 59.9 Å². The second kappa shape index (κ2) is 7.31. The number of methoxy groups -OCH3 is 1. The molecule has 0 radical (unpaired) electrons. The van der Waals surface area contributed by atoms with Crippen LogP contribution in [0, 0.1) is 0 Å². The molecule has 130 valence electrons. The Morgan fingerprint density at radius 2 is 2.00 bits per heavy atom. The van der Waals surface area contributed by atoms with Crippen molar-refractivity contribution in [3.8, 4) is 11.4 Å². The van der Waals surface area contributed by atoms with Crippen molar-refractivity contribution in [2.45, 2.75) is 10.8 Å². The Morgan fingerprint density at radius 1 is 1.12 bits per heavy atom. The maximum absolute atomic E-state index is 6.23. The van der Waals surface area contributed by atoms with Crippen molar-refractivity contribution in [3.05, 3.63) is 65.4 Å². The van der Waals surface area contributed by atoms with Crippen LogP contribution in [0.3, 0.4) is 0 Å². The summed E-state index contributed by atoms with van der Waals surface area (Å²) in [6, 6.07) is 15.4. The van der Waals surface area contributed by atoms with Crippen molar-refractivity contribution in [2.75, 3.05) is 7.11 Å². The molecule has 4 aromatic rings. The first-order chi connectivity index (χ1) is 12.8. The Bertz CT molecular complexity index is 1070. The minimum Gasteiger partial charge on any atom is -0.497 e. The van der Waals surface area contributed by atoms with Gasteiger partial charge in [-0.1, -0.05) is 52.8 Å². The number of hydrogen-bond donors (Lipinski definition) is 0. The molecular weight excluding hydrogens is 370 g/mol. The SMILES string of the molecule is COc1cccc(-n2nnc3c(SCc4ccccc4Cl)ncnc32)c1. The molecule has 26 heavy (non-hydrogen) atoms. The zero-order valence-electron chi connectivity index (χ0n) is 13.8. The summed E-state index contributed by atoms with van der Waals surface area (Å²) in [6.07, 6.45) is 1.53. The Morgan fingerprint density at radius 3 is 2.85 bits per heavy atom. The van der Waals surface area contributed by atoms with Crippen molar-refractivity contribution >= 4 is 34.5 Å². The molecule has 0 spiro atoms. The normalized spacial score (nSPS) is 11.0. The van der Waals surface area contributed by atoms with E-state index in [0.717, 1.165) is 27.0 Å². The summed E-state index contributed by atoms with van der Waals surface area (Å²) in [5, 5.41) is 10.0. The molecule has 2 aromatic carbocycles. The van der Waals surface area contributed by atoms with Crippen molar-refractivity contribution in [3.63, 3.8) is 0 Å². The van der Waals surface area contributed by atoms with Gasteiger partial charge in [-0.2, -0.15) is 4.68 Å². The standard InChI is InChI=1S/C18H14ClN5OS/c1-25-14-7-4-6-13(9-14)24-17-16(22-23-24)18(21-11-20-17)26-10-12-5-2-3-8-15(12)19/h2-9,11H,10H2,1H3. The average Bonchev–Trinajstić information content (AvgIpc) is 3.12. The van der Waals surface area contributed by atoms with Crippen molar-refractivity contribution in [1.29, 1.82) is 0 Å². The number of rotatable bonds is 5. The van der Waals surface area contributed by atoms with Gasteiger partial charge in [-0.05, 0) is 23.8 Å². The maximum atomic E-state index is 6.23. The molecular formula is C18H14ClN5OS. The minimum atomic E-state index is 0.648. The van der Waals surface area contributed by atoms with Crippen LogP contribution in [0.1, 0.15) is 5.56 Å². The quantitative estimate of drug-likeness (QED) is 0.380. The fraction of sp³-hybridized carbons (Fsp3) is 0.111. The van der Waals surface area contributed by atoms with Crippen LogP contribution < -0.4 is 4.74 Å². The molecule has 2 aromatic heterocycles. The van der Waals surface area contributed by atoms with Crippen LogP contribution in [-0.4, -0.2) is 32.1 Å². The van der Waals surface area contributed by atoms with Crippen LogP contribution in [-0.2, 0) is 5.75 Å². The Hall–Kier alpha value is -2.64. The molecule has 2 heterocycles. The number of nitrogens with zero attached hydrogens (tertiary/aromatic N) is 5. The first-order valence-electron chi connectivity index (χ1n) is 7.83. The van der Waals surface area contributed by atoms with E-state index in [9.17, 15) is 0 Å². The number of halogens is 1. The molecule has 0 atom stereocenters. The highest BCUT2D eigenvalue weighted by molar-refractivity contribution is 7.98. The van der Waals surface area contributed by atoms with Gasteiger partial charge in [0, 0.05) is 16.8 Å². The predicted molar refractivity (Wildman–Crippen MR) is 102 cm³/mol. The first kappa shape index (κ1) is 16.8. The lowest BCUT2D eigenvalue weighted by Crippen LogP contribution is -1.98. The van der Waals surface area contributed by atoms with Crippen LogP contribution >= 0.6 is 23.4 Å². The van der Waals surface area contributed by atoms with Gasteiger partial charge in [-0.3, -0.25) is 0 Å². The molecule has 0 aliphatic carbocycles. The molecule has 0 fully saturated rings. The Balaban J connectivity index is 1.68. The number of ether oxygens (including phenoxy) is 1. The molecule has 6 nitrogen and oxygen atoms in total. The van der Waals surface area contributed by atoms with Gasteiger partial charge >= 0.3 is 0 Å². The number of aromatic nitrogens is 5. The fourth-order valence-corrected chi connectivity index (χ4v) is 3.73. The van der Waals surface area contributed by atoms with Crippen LogP contribution in [0.5, 0.6) is 5.75 Å². The third kappa shape index (κ3) is 3.23. The summed E-state index contributed by atoms with van der Waals surface area (Å²) in [5.41, 5.74) is 3.18. The van der Waals surface area contributed by atoms with Gasteiger partial charge in [0.05, 0.1) is 12.8 Å². The molecule has 0 saturated heterocycles. The average molecular weight is 384 g/mol. The summed E-state index contributed by atoms with van der Waals surface area (Å²) in [7, 11) is 1.63. The third-order valence-electron chi connectivity index (χ3n) is 3.82. The third-order valence-corrected chi connectivity index (χ3v) is 5.22. The summed E-state index contributed by atoms with van der Waals surface area (Å²) >= 11 is 7.79. The highest BCUT2D eigenvalue weighted by Crippen LogP contribution is 2.29. The van der Waals surface area contributed by atoms with Crippen molar-refractivity contribution < 1.29 is 4.74 Å². The van der Waals surface area contributed by atoms with Gasteiger partial charge in [0.2, 0.25) is 0 Å². The predicted octanol–water partition coefficient (Wildman–Crippen LogP) is 4.16. The summed E-state index contributed by atoms with van der Waals surface area (Å²) in [5.74, 6) is 1.44. The van der Waals surface area contributed by atoms with E-state index >= 15 is 0 Å². The van der Waals surface area contributed by atoms with E-state index in [-0.39, 0.29) is 0 Å². The molecule has 8 heteroatoms. The summed E-state index contributed by atoms with van der Waals surface area (Å²) < 4.78 is 6.96. The van der Waals surface area contributed by atoms with Crippen molar-refractivity contribution in [2.24, 2.45) is 0 Å². The lowest BCUT2D eigenvalue weighted by Gasteiger charge is -2.05.